The molecule has 22 heavy (non-hydrogen) atoms. The monoisotopic (exact) mass is 376 g/mol. The second-order valence-corrected chi connectivity index (χ2v) is 6.57. The summed E-state index contributed by atoms with van der Waals surface area (Å²) in [5.41, 5.74) is 4.61. The Hall–Kier alpha value is -1.72. The van der Waals surface area contributed by atoms with Crippen molar-refractivity contribution in [2.45, 2.75) is 20.8 Å². The molecule has 0 saturated carbocycles. The van der Waals surface area contributed by atoms with Crippen molar-refractivity contribution in [3.8, 4) is 0 Å². The van der Waals surface area contributed by atoms with E-state index < -0.39 is 0 Å². The smallest absolute Gasteiger partial charge is 0.257 e. The predicted molar refractivity (Wildman–Crippen MR) is 98.5 cm³/mol. The fraction of sp³-hybridized carbons (Fsp3) is 0.176. The summed E-state index contributed by atoms with van der Waals surface area (Å²) in [6.07, 6.45) is 0. The van der Waals surface area contributed by atoms with Crippen LogP contribution in [0.15, 0.2) is 40.9 Å². The zero-order valence-corrected chi connectivity index (χ0v) is 15.1. The fourth-order valence-corrected chi connectivity index (χ4v) is 2.88. The van der Waals surface area contributed by atoms with Crippen molar-refractivity contribution >= 4 is 44.9 Å². The van der Waals surface area contributed by atoms with Crippen LogP contribution in [0, 0.1) is 20.8 Å². The lowest BCUT2D eigenvalue weighted by Gasteiger charge is -2.12. The molecule has 0 aromatic heterocycles. The number of halogens is 1. The first kappa shape index (κ1) is 16.6. The van der Waals surface area contributed by atoms with Crippen LogP contribution in [0.25, 0.3) is 0 Å². The van der Waals surface area contributed by atoms with E-state index in [0.717, 1.165) is 26.9 Å². The number of rotatable bonds is 2. The molecule has 114 valence electrons. The first-order valence-corrected chi connectivity index (χ1v) is 8.02. The van der Waals surface area contributed by atoms with Crippen molar-refractivity contribution in [3.05, 3.63) is 63.1 Å². The summed E-state index contributed by atoms with van der Waals surface area (Å²) in [6, 6.07) is 11.5. The summed E-state index contributed by atoms with van der Waals surface area (Å²) < 4.78 is 1.00. The van der Waals surface area contributed by atoms with E-state index in [-0.39, 0.29) is 11.0 Å². The summed E-state index contributed by atoms with van der Waals surface area (Å²) in [6.45, 7) is 5.90. The number of amides is 1. The van der Waals surface area contributed by atoms with E-state index in [4.69, 9.17) is 12.2 Å². The van der Waals surface area contributed by atoms with Crippen LogP contribution in [0.3, 0.4) is 0 Å². The van der Waals surface area contributed by atoms with Gasteiger partial charge >= 0.3 is 0 Å². The molecule has 0 fully saturated rings. The minimum absolute atomic E-state index is 0.209. The average Bonchev–Trinajstić information content (AvgIpc) is 2.40. The Balaban J connectivity index is 2.06. The number of carbonyl (C=O) groups is 1. The SMILES string of the molecule is Cc1cc(C)cc(C(=O)NC(=S)Nc2ccc(Br)cc2C)c1. The van der Waals surface area contributed by atoms with Crippen molar-refractivity contribution in [2.24, 2.45) is 0 Å². The van der Waals surface area contributed by atoms with Crippen molar-refractivity contribution in [1.82, 2.24) is 5.32 Å². The largest absolute Gasteiger partial charge is 0.332 e. The van der Waals surface area contributed by atoms with Gasteiger partial charge in [0.15, 0.2) is 5.11 Å². The third-order valence-corrected chi connectivity index (χ3v) is 3.84. The number of hydrogen-bond acceptors (Lipinski definition) is 2. The second-order valence-electron chi connectivity index (χ2n) is 5.24. The first-order valence-electron chi connectivity index (χ1n) is 6.82. The first-order chi connectivity index (χ1) is 10.3. The zero-order chi connectivity index (χ0) is 16.3. The highest BCUT2D eigenvalue weighted by molar-refractivity contribution is 9.10. The van der Waals surface area contributed by atoms with Gasteiger partial charge in [0.2, 0.25) is 0 Å². The molecular formula is C17H17BrN2OS. The zero-order valence-electron chi connectivity index (χ0n) is 12.7. The Morgan fingerprint density at radius 3 is 2.27 bits per heavy atom. The molecule has 3 nitrogen and oxygen atoms in total. The molecule has 0 atom stereocenters. The van der Waals surface area contributed by atoms with Gasteiger partial charge in [0, 0.05) is 15.7 Å². The van der Waals surface area contributed by atoms with Crippen molar-refractivity contribution in [1.29, 1.82) is 0 Å². The summed E-state index contributed by atoms with van der Waals surface area (Å²) in [4.78, 5) is 12.2. The van der Waals surface area contributed by atoms with Gasteiger partial charge < -0.3 is 5.32 Å². The van der Waals surface area contributed by atoms with Gasteiger partial charge in [0.25, 0.3) is 5.91 Å². The van der Waals surface area contributed by atoms with Crippen LogP contribution in [0.2, 0.25) is 0 Å². The molecule has 2 N–H and O–H groups in total. The minimum atomic E-state index is -0.209. The Morgan fingerprint density at radius 1 is 1.05 bits per heavy atom. The quantitative estimate of drug-likeness (QED) is 0.758. The van der Waals surface area contributed by atoms with Crippen LogP contribution in [0.5, 0.6) is 0 Å². The maximum atomic E-state index is 12.2. The van der Waals surface area contributed by atoms with E-state index in [2.05, 4.69) is 26.6 Å². The van der Waals surface area contributed by atoms with Gasteiger partial charge in [-0.25, -0.2) is 0 Å². The summed E-state index contributed by atoms with van der Waals surface area (Å²) in [5, 5.41) is 6.04. The van der Waals surface area contributed by atoms with E-state index in [1.807, 2.05) is 57.2 Å². The standard InChI is InChI=1S/C17H17BrN2OS/c1-10-6-11(2)8-13(7-10)16(21)20-17(22)19-15-5-4-14(18)9-12(15)3/h4-9H,1-3H3,(H2,19,20,21,22). The normalized spacial score (nSPS) is 10.2. The van der Waals surface area contributed by atoms with Gasteiger partial charge in [-0.3, -0.25) is 10.1 Å². The van der Waals surface area contributed by atoms with E-state index >= 15 is 0 Å². The summed E-state index contributed by atoms with van der Waals surface area (Å²) in [7, 11) is 0. The summed E-state index contributed by atoms with van der Waals surface area (Å²) in [5.74, 6) is -0.209. The molecule has 0 radical (unpaired) electrons. The lowest BCUT2D eigenvalue weighted by molar-refractivity contribution is 0.0977. The lowest BCUT2D eigenvalue weighted by Crippen LogP contribution is -2.34. The highest BCUT2D eigenvalue weighted by Crippen LogP contribution is 2.20. The molecule has 0 spiro atoms. The van der Waals surface area contributed by atoms with E-state index in [0.29, 0.717) is 5.56 Å². The Labute approximate surface area is 144 Å². The van der Waals surface area contributed by atoms with Crippen LogP contribution in [-0.4, -0.2) is 11.0 Å². The molecule has 0 bridgehead atoms. The molecule has 0 aliphatic rings. The molecule has 5 heteroatoms. The maximum Gasteiger partial charge on any atom is 0.257 e. The number of carbonyl (C=O) groups excluding carboxylic acids is 1. The number of hydrogen-bond donors (Lipinski definition) is 2. The minimum Gasteiger partial charge on any atom is -0.332 e. The van der Waals surface area contributed by atoms with E-state index in [1.165, 1.54) is 0 Å². The van der Waals surface area contributed by atoms with Crippen LogP contribution in [0.1, 0.15) is 27.0 Å². The molecule has 2 rings (SSSR count). The molecule has 1 amide bonds. The molecular weight excluding hydrogens is 360 g/mol. The van der Waals surface area contributed by atoms with Gasteiger partial charge in [-0.15, -0.1) is 0 Å². The number of nitrogens with one attached hydrogen (secondary N) is 2. The highest BCUT2D eigenvalue weighted by atomic mass is 79.9. The van der Waals surface area contributed by atoms with Crippen molar-refractivity contribution < 1.29 is 4.79 Å². The Bertz CT molecular complexity index is 723. The molecule has 0 unspecified atom stereocenters. The number of anilines is 1. The molecule has 0 aliphatic heterocycles. The number of benzene rings is 2. The molecule has 2 aromatic rings. The van der Waals surface area contributed by atoms with Crippen molar-refractivity contribution in [3.63, 3.8) is 0 Å². The summed E-state index contributed by atoms with van der Waals surface area (Å²) >= 11 is 8.63. The van der Waals surface area contributed by atoms with E-state index in [1.54, 1.807) is 0 Å². The molecule has 2 aromatic carbocycles. The molecule has 0 aliphatic carbocycles. The van der Waals surface area contributed by atoms with E-state index in [9.17, 15) is 4.79 Å². The topological polar surface area (TPSA) is 41.1 Å². The van der Waals surface area contributed by atoms with Gasteiger partial charge in [0.1, 0.15) is 0 Å². The lowest BCUT2D eigenvalue weighted by atomic mass is 10.1. The van der Waals surface area contributed by atoms with Crippen LogP contribution in [0.4, 0.5) is 5.69 Å². The predicted octanol–water partition coefficient (Wildman–Crippen LogP) is 4.50. The van der Waals surface area contributed by atoms with Crippen LogP contribution in [-0.2, 0) is 0 Å². The fourth-order valence-electron chi connectivity index (χ4n) is 2.20. The van der Waals surface area contributed by atoms with Crippen LogP contribution < -0.4 is 10.6 Å². The molecule has 0 heterocycles. The Kier molecular flexibility index (Phi) is 5.32. The van der Waals surface area contributed by atoms with Crippen LogP contribution >= 0.6 is 28.1 Å². The maximum absolute atomic E-state index is 12.2. The average molecular weight is 377 g/mol. The number of thiocarbonyl (C=S) groups is 1. The molecule has 0 saturated heterocycles. The highest BCUT2D eigenvalue weighted by Gasteiger charge is 2.09. The Morgan fingerprint density at radius 2 is 1.68 bits per heavy atom. The third kappa shape index (κ3) is 4.39. The van der Waals surface area contributed by atoms with Gasteiger partial charge in [-0.1, -0.05) is 33.1 Å². The number of aryl methyl sites for hydroxylation is 3. The van der Waals surface area contributed by atoms with Crippen molar-refractivity contribution in [2.75, 3.05) is 5.32 Å². The van der Waals surface area contributed by atoms with Gasteiger partial charge in [-0.2, -0.15) is 0 Å². The second kappa shape index (κ2) is 7.03. The van der Waals surface area contributed by atoms with Gasteiger partial charge in [-0.05, 0) is 68.9 Å². The van der Waals surface area contributed by atoms with Gasteiger partial charge in [0.05, 0.1) is 0 Å². The third-order valence-electron chi connectivity index (χ3n) is 3.15.